The molecule has 302 valence electrons. The molecule has 3 aromatic heterocycles. The molecule has 1 aliphatic rings. The molecule has 14 heteroatoms. The van der Waals surface area contributed by atoms with Crippen molar-refractivity contribution in [3.8, 4) is 11.1 Å². The highest BCUT2D eigenvalue weighted by Crippen LogP contribution is 2.32. The van der Waals surface area contributed by atoms with Crippen LogP contribution in [0.4, 0.5) is 15.9 Å². The molecule has 3 aromatic carbocycles. The first kappa shape index (κ1) is 40.2. The van der Waals surface area contributed by atoms with Crippen LogP contribution in [0.5, 0.6) is 0 Å². The van der Waals surface area contributed by atoms with Gasteiger partial charge in [0, 0.05) is 92.3 Å². The van der Waals surface area contributed by atoms with Crippen LogP contribution in [0.1, 0.15) is 68.2 Å². The number of benzene rings is 3. The normalized spacial score (nSPS) is 12.8. The van der Waals surface area contributed by atoms with Crippen LogP contribution in [0, 0.1) is 26.6 Å². The Morgan fingerprint density at radius 1 is 0.864 bits per heavy atom. The Hall–Kier alpha value is -6.96. The summed E-state index contributed by atoms with van der Waals surface area (Å²) in [7, 11) is 0. The number of pyridine rings is 2. The number of hydrogen-bond acceptors (Lipinski definition) is 8. The van der Waals surface area contributed by atoms with E-state index in [1.807, 2.05) is 50.2 Å². The SMILES string of the molecule is CCN(C(C)=O)c1cc(-c2ccc(N3CCN(C(=O)c4cc(Cc5n[nH]c(=O)c6ccccc56)ccc4F)CC3)nc2)cc(C(=O)NCc2c(C)cc(C)[nH]c2=O)c1C. The number of halogens is 1. The third-order valence-corrected chi connectivity index (χ3v) is 10.9. The molecule has 0 bridgehead atoms. The summed E-state index contributed by atoms with van der Waals surface area (Å²) in [6.07, 6.45) is 2.01. The van der Waals surface area contributed by atoms with E-state index in [1.54, 1.807) is 60.2 Å². The zero-order valence-electron chi connectivity index (χ0n) is 33.6. The minimum absolute atomic E-state index is 0.0250. The summed E-state index contributed by atoms with van der Waals surface area (Å²) < 4.78 is 15.1. The van der Waals surface area contributed by atoms with E-state index in [0.29, 0.717) is 94.9 Å². The topological polar surface area (TPSA) is 164 Å². The van der Waals surface area contributed by atoms with Crippen LogP contribution < -0.4 is 26.2 Å². The molecule has 0 radical (unpaired) electrons. The molecule has 7 rings (SSSR count). The van der Waals surface area contributed by atoms with Gasteiger partial charge in [-0.2, -0.15) is 5.10 Å². The highest BCUT2D eigenvalue weighted by molar-refractivity contribution is 6.01. The maximum absolute atomic E-state index is 15.1. The number of aromatic nitrogens is 4. The van der Waals surface area contributed by atoms with Crippen LogP contribution >= 0.6 is 0 Å². The maximum atomic E-state index is 15.1. The molecular formula is C45H45FN8O5. The number of aryl methyl sites for hydroxylation is 2. The quantitative estimate of drug-likeness (QED) is 0.162. The first-order valence-electron chi connectivity index (χ1n) is 19.5. The number of fused-ring (bicyclic) bond motifs is 1. The number of aromatic amines is 2. The van der Waals surface area contributed by atoms with E-state index in [2.05, 4.69) is 25.4 Å². The van der Waals surface area contributed by atoms with E-state index in [4.69, 9.17) is 4.98 Å². The minimum atomic E-state index is -0.611. The summed E-state index contributed by atoms with van der Waals surface area (Å²) in [5, 5.41) is 10.9. The zero-order chi connectivity index (χ0) is 42.0. The number of nitrogens with one attached hydrogen (secondary N) is 3. The third kappa shape index (κ3) is 8.38. The minimum Gasteiger partial charge on any atom is -0.353 e. The van der Waals surface area contributed by atoms with E-state index < -0.39 is 11.7 Å². The Labute approximate surface area is 339 Å². The average Bonchev–Trinajstić information content (AvgIpc) is 3.22. The predicted octanol–water partition coefficient (Wildman–Crippen LogP) is 5.59. The highest BCUT2D eigenvalue weighted by atomic mass is 19.1. The van der Waals surface area contributed by atoms with Crippen LogP contribution in [0.3, 0.4) is 0 Å². The van der Waals surface area contributed by atoms with Gasteiger partial charge in [0.15, 0.2) is 0 Å². The Morgan fingerprint density at radius 3 is 2.29 bits per heavy atom. The molecule has 6 aromatic rings. The van der Waals surface area contributed by atoms with Crippen molar-refractivity contribution in [2.45, 2.75) is 47.6 Å². The Balaban J connectivity index is 1.06. The van der Waals surface area contributed by atoms with Crippen molar-refractivity contribution in [3.63, 3.8) is 0 Å². The van der Waals surface area contributed by atoms with Gasteiger partial charge in [-0.15, -0.1) is 0 Å². The van der Waals surface area contributed by atoms with Gasteiger partial charge >= 0.3 is 0 Å². The molecule has 0 aliphatic carbocycles. The number of rotatable bonds is 10. The van der Waals surface area contributed by atoms with Crippen molar-refractivity contribution in [2.24, 2.45) is 0 Å². The van der Waals surface area contributed by atoms with E-state index in [-0.39, 0.29) is 35.0 Å². The monoisotopic (exact) mass is 796 g/mol. The summed E-state index contributed by atoms with van der Waals surface area (Å²) >= 11 is 0. The van der Waals surface area contributed by atoms with Gasteiger partial charge in [-0.3, -0.25) is 24.0 Å². The maximum Gasteiger partial charge on any atom is 0.272 e. The number of anilines is 2. The first-order valence-corrected chi connectivity index (χ1v) is 19.5. The molecule has 1 fully saturated rings. The van der Waals surface area contributed by atoms with Crippen molar-refractivity contribution in [3.05, 3.63) is 150 Å². The molecular weight excluding hydrogens is 752 g/mol. The summed E-state index contributed by atoms with van der Waals surface area (Å²) in [6.45, 7) is 10.9. The van der Waals surface area contributed by atoms with Crippen molar-refractivity contribution in [1.29, 1.82) is 0 Å². The summed E-state index contributed by atoms with van der Waals surface area (Å²) in [5.41, 5.74) is 5.71. The molecule has 4 heterocycles. The number of H-pyrrole nitrogens is 2. The third-order valence-electron chi connectivity index (χ3n) is 10.9. The zero-order valence-corrected chi connectivity index (χ0v) is 33.6. The largest absolute Gasteiger partial charge is 0.353 e. The molecule has 0 spiro atoms. The van der Waals surface area contributed by atoms with Crippen molar-refractivity contribution in [2.75, 3.05) is 42.5 Å². The summed E-state index contributed by atoms with van der Waals surface area (Å²) in [6, 6.07) is 20.9. The lowest BCUT2D eigenvalue weighted by Crippen LogP contribution is -2.49. The van der Waals surface area contributed by atoms with Crippen LogP contribution in [0.25, 0.3) is 21.9 Å². The number of hydrogen-bond donors (Lipinski definition) is 3. The van der Waals surface area contributed by atoms with Crippen LogP contribution in [-0.4, -0.2) is 75.5 Å². The molecule has 13 nitrogen and oxygen atoms in total. The van der Waals surface area contributed by atoms with Crippen LogP contribution in [-0.2, 0) is 17.8 Å². The number of piperazine rings is 1. The van der Waals surface area contributed by atoms with Gasteiger partial charge in [0.1, 0.15) is 11.6 Å². The second kappa shape index (κ2) is 16.9. The van der Waals surface area contributed by atoms with E-state index in [1.165, 1.54) is 13.0 Å². The molecule has 0 atom stereocenters. The van der Waals surface area contributed by atoms with Gasteiger partial charge in [-0.05, 0) is 98.5 Å². The fourth-order valence-electron chi connectivity index (χ4n) is 7.71. The number of amides is 3. The van der Waals surface area contributed by atoms with Crippen molar-refractivity contribution >= 4 is 40.0 Å². The van der Waals surface area contributed by atoms with Gasteiger partial charge in [0.25, 0.3) is 22.9 Å². The predicted molar refractivity (Wildman–Crippen MR) is 226 cm³/mol. The van der Waals surface area contributed by atoms with E-state index >= 15 is 4.39 Å². The van der Waals surface area contributed by atoms with Gasteiger partial charge in [-0.1, -0.05) is 24.3 Å². The van der Waals surface area contributed by atoms with Gasteiger partial charge in [0.05, 0.1) is 16.6 Å². The summed E-state index contributed by atoms with van der Waals surface area (Å²) in [5.74, 6) is -0.877. The fourth-order valence-corrected chi connectivity index (χ4v) is 7.71. The van der Waals surface area contributed by atoms with Gasteiger partial charge in [0.2, 0.25) is 5.91 Å². The second-order valence-electron chi connectivity index (χ2n) is 14.8. The molecule has 0 unspecified atom stereocenters. The molecule has 0 saturated carbocycles. The number of nitrogens with zero attached hydrogens (tertiary/aromatic N) is 5. The average molecular weight is 797 g/mol. The Morgan fingerprint density at radius 2 is 1.61 bits per heavy atom. The first-order chi connectivity index (χ1) is 28.3. The van der Waals surface area contributed by atoms with E-state index in [0.717, 1.165) is 16.8 Å². The number of carbonyl (C=O) groups excluding carboxylic acids is 3. The van der Waals surface area contributed by atoms with Crippen LogP contribution in [0.2, 0.25) is 0 Å². The lowest BCUT2D eigenvalue weighted by molar-refractivity contribution is -0.116. The van der Waals surface area contributed by atoms with Crippen molar-refractivity contribution < 1.29 is 18.8 Å². The molecule has 3 amide bonds. The highest BCUT2D eigenvalue weighted by Gasteiger charge is 2.26. The fraction of sp³-hybridized carbons (Fsp3) is 0.267. The molecule has 3 N–H and O–H groups in total. The Kier molecular flexibility index (Phi) is 11.5. The molecule has 1 aliphatic heterocycles. The number of carbonyl (C=O) groups is 3. The van der Waals surface area contributed by atoms with Gasteiger partial charge < -0.3 is 25.0 Å². The molecule has 1 saturated heterocycles. The van der Waals surface area contributed by atoms with Crippen molar-refractivity contribution in [1.82, 2.24) is 30.4 Å². The Bertz CT molecular complexity index is 2720. The standard InChI is InChI=1S/C45H45FN8O5/c1-6-54(29(5)55)40-23-32(22-35(28(40)4)42(56)48-25-37-26(2)19-27(3)49-43(37)57)31-12-14-41(47-24-31)52-15-17-53(18-16-52)45(59)36-20-30(11-13-38(36)46)21-39-33-9-7-8-10-34(33)44(58)51-50-39/h7-14,19-20,22-24H,6,15-18,21,25H2,1-5H3,(H,48,56)(H,49,57)(H,51,58). The second-order valence-corrected chi connectivity index (χ2v) is 14.8. The molecule has 59 heavy (non-hydrogen) atoms. The van der Waals surface area contributed by atoms with Gasteiger partial charge in [-0.25, -0.2) is 14.5 Å². The van der Waals surface area contributed by atoms with E-state index in [9.17, 15) is 24.0 Å². The lowest BCUT2D eigenvalue weighted by Gasteiger charge is -2.35. The van der Waals surface area contributed by atoms with Crippen LogP contribution in [0.15, 0.2) is 88.6 Å². The smallest absolute Gasteiger partial charge is 0.272 e. The lowest BCUT2D eigenvalue weighted by atomic mass is 9.97. The summed E-state index contributed by atoms with van der Waals surface area (Å²) in [4.78, 5) is 77.8.